The first-order chi connectivity index (χ1) is 11.7. The number of carbonyl (C=O) groups is 1. The minimum atomic E-state index is -0.595. The third-order valence-corrected chi connectivity index (χ3v) is 3.07. The van der Waals surface area contributed by atoms with Gasteiger partial charge in [0.25, 0.3) is 0 Å². The number of ether oxygens (including phenoxy) is 1. The molecule has 1 amide bonds. The molecule has 0 saturated carbocycles. The van der Waals surface area contributed by atoms with E-state index in [1.165, 1.54) is 10.9 Å². The zero-order valence-corrected chi connectivity index (χ0v) is 14.9. The van der Waals surface area contributed by atoms with E-state index in [4.69, 9.17) is 10.00 Å². The van der Waals surface area contributed by atoms with E-state index in [1.54, 1.807) is 46.9 Å². The molecule has 0 aliphatic carbocycles. The summed E-state index contributed by atoms with van der Waals surface area (Å²) in [4.78, 5) is 20.6. The van der Waals surface area contributed by atoms with Crippen LogP contribution in [0.1, 0.15) is 45.1 Å². The highest BCUT2D eigenvalue weighted by atomic mass is 16.6. The minimum absolute atomic E-state index is 0.388. The zero-order chi connectivity index (χ0) is 18.6. The standard InChI is InChI=1S/C16H21N7O2/c1-10(20-15(24)25-16(2,3)4)13-21-14(18-5)22-23(13)12-7-6-11(8-17)9-19-12/h6-7,9-10H,1-5H3,(H,18,22)(H,20,24)/t10-/m0/s1. The third kappa shape index (κ3) is 4.67. The van der Waals surface area contributed by atoms with Crippen LogP contribution in [0.2, 0.25) is 0 Å². The Kier molecular flexibility index (Phi) is 5.22. The minimum Gasteiger partial charge on any atom is -0.444 e. The molecule has 9 nitrogen and oxygen atoms in total. The lowest BCUT2D eigenvalue weighted by Crippen LogP contribution is -2.35. The predicted molar refractivity (Wildman–Crippen MR) is 91.2 cm³/mol. The molecule has 0 bridgehead atoms. The first-order valence-electron chi connectivity index (χ1n) is 7.74. The monoisotopic (exact) mass is 343 g/mol. The first-order valence-corrected chi connectivity index (χ1v) is 7.74. The number of hydrogen-bond acceptors (Lipinski definition) is 7. The molecule has 0 fully saturated rings. The number of nitriles is 1. The molecule has 2 aromatic heterocycles. The van der Waals surface area contributed by atoms with Gasteiger partial charge in [-0.2, -0.15) is 14.9 Å². The van der Waals surface area contributed by atoms with Crippen molar-refractivity contribution in [2.45, 2.75) is 39.3 Å². The van der Waals surface area contributed by atoms with E-state index >= 15 is 0 Å². The molecule has 2 aromatic rings. The van der Waals surface area contributed by atoms with Crippen molar-refractivity contribution in [1.82, 2.24) is 25.1 Å². The molecule has 0 saturated heterocycles. The van der Waals surface area contributed by atoms with Gasteiger partial charge in [0.15, 0.2) is 11.6 Å². The van der Waals surface area contributed by atoms with Gasteiger partial charge in [-0.25, -0.2) is 9.78 Å². The molecular weight excluding hydrogens is 322 g/mol. The van der Waals surface area contributed by atoms with Crippen LogP contribution in [0.4, 0.5) is 10.7 Å². The highest BCUT2D eigenvalue weighted by Gasteiger charge is 2.23. The lowest BCUT2D eigenvalue weighted by Gasteiger charge is -2.21. The summed E-state index contributed by atoms with van der Waals surface area (Å²) in [5.41, 5.74) is -0.151. The molecule has 132 valence electrons. The lowest BCUT2D eigenvalue weighted by atomic mass is 10.2. The van der Waals surface area contributed by atoms with E-state index in [-0.39, 0.29) is 0 Å². The van der Waals surface area contributed by atoms with Crippen LogP contribution in [0, 0.1) is 11.3 Å². The van der Waals surface area contributed by atoms with Crippen LogP contribution >= 0.6 is 0 Å². The van der Waals surface area contributed by atoms with Gasteiger partial charge in [0, 0.05) is 13.2 Å². The van der Waals surface area contributed by atoms with Gasteiger partial charge in [-0.15, -0.1) is 5.10 Å². The van der Waals surface area contributed by atoms with Gasteiger partial charge < -0.3 is 15.4 Å². The number of hydrogen-bond donors (Lipinski definition) is 2. The largest absolute Gasteiger partial charge is 0.444 e. The molecule has 2 N–H and O–H groups in total. The molecule has 1 atom stereocenters. The predicted octanol–water partition coefficient (Wildman–Crippen LogP) is 2.16. The molecule has 9 heteroatoms. The summed E-state index contributed by atoms with van der Waals surface area (Å²) in [7, 11) is 1.70. The van der Waals surface area contributed by atoms with Gasteiger partial charge in [0.05, 0.1) is 11.6 Å². The summed E-state index contributed by atoms with van der Waals surface area (Å²) in [5.74, 6) is 1.35. The number of alkyl carbamates (subject to hydrolysis) is 1. The van der Waals surface area contributed by atoms with Gasteiger partial charge in [-0.05, 0) is 39.8 Å². The van der Waals surface area contributed by atoms with Crippen LogP contribution in [-0.4, -0.2) is 38.5 Å². The Labute approximate surface area is 146 Å². The molecule has 0 aliphatic rings. The summed E-state index contributed by atoms with van der Waals surface area (Å²) in [6.45, 7) is 7.14. The molecule has 0 spiro atoms. The number of nitrogens with zero attached hydrogens (tertiary/aromatic N) is 5. The number of amides is 1. The van der Waals surface area contributed by atoms with E-state index < -0.39 is 17.7 Å². The van der Waals surface area contributed by atoms with Crippen molar-refractivity contribution in [3.05, 3.63) is 29.7 Å². The Morgan fingerprint density at radius 1 is 1.40 bits per heavy atom. The van der Waals surface area contributed by atoms with Gasteiger partial charge in [0.1, 0.15) is 11.7 Å². The van der Waals surface area contributed by atoms with Crippen molar-refractivity contribution in [1.29, 1.82) is 5.26 Å². The molecular formula is C16H21N7O2. The summed E-state index contributed by atoms with van der Waals surface area (Å²) >= 11 is 0. The maximum atomic E-state index is 12.0. The maximum absolute atomic E-state index is 12.0. The van der Waals surface area contributed by atoms with Crippen LogP contribution in [-0.2, 0) is 4.74 Å². The van der Waals surface area contributed by atoms with Crippen molar-refractivity contribution in [2.24, 2.45) is 0 Å². The van der Waals surface area contributed by atoms with E-state index in [1.807, 2.05) is 6.07 Å². The van der Waals surface area contributed by atoms with Crippen LogP contribution in [0.5, 0.6) is 0 Å². The lowest BCUT2D eigenvalue weighted by molar-refractivity contribution is 0.0505. The second-order valence-corrected chi connectivity index (χ2v) is 6.34. The SMILES string of the molecule is CNc1nc([C@H](C)NC(=O)OC(C)(C)C)n(-c2ccc(C#N)cn2)n1. The van der Waals surface area contributed by atoms with Crippen molar-refractivity contribution in [3.63, 3.8) is 0 Å². The van der Waals surface area contributed by atoms with Crippen molar-refractivity contribution < 1.29 is 9.53 Å². The Morgan fingerprint density at radius 3 is 2.64 bits per heavy atom. The van der Waals surface area contributed by atoms with Gasteiger partial charge in [-0.1, -0.05) is 0 Å². The fraction of sp³-hybridized carbons (Fsp3) is 0.438. The van der Waals surface area contributed by atoms with Gasteiger partial charge in [-0.3, -0.25) is 0 Å². The Balaban J connectivity index is 2.29. The molecule has 0 aromatic carbocycles. The maximum Gasteiger partial charge on any atom is 0.408 e. The van der Waals surface area contributed by atoms with Crippen LogP contribution in [0.3, 0.4) is 0 Å². The molecule has 2 rings (SSSR count). The second kappa shape index (κ2) is 7.17. The number of anilines is 1. The van der Waals surface area contributed by atoms with Crippen LogP contribution in [0.25, 0.3) is 5.82 Å². The van der Waals surface area contributed by atoms with Crippen LogP contribution < -0.4 is 10.6 Å². The molecule has 2 heterocycles. The number of pyridine rings is 1. The Hall–Kier alpha value is -3.15. The van der Waals surface area contributed by atoms with Gasteiger partial charge in [0.2, 0.25) is 5.95 Å². The number of carbonyl (C=O) groups excluding carboxylic acids is 1. The fourth-order valence-corrected chi connectivity index (χ4v) is 2.01. The first kappa shape index (κ1) is 18.2. The normalized spacial score (nSPS) is 12.2. The van der Waals surface area contributed by atoms with Crippen LogP contribution in [0.15, 0.2) is 18.3 Å². The smallest absolute Gasteiger partial charge is 0.408 e. The molecule has 0 radical (unpaired) electrons. The quantitative estimate of drug-likeness (QED) is 0.873. The van der Waals surface area contributed by atoms with Crippen molar-refractivity contribution in [3.8, 4) is 11.9 Å². The average Bonchev–Trinajstić information content (AvgIpc) is 2.97. The van der Waals surface area contributed by atoms with Gasteiger partial charge >= 0.3 is 6.09 Å². The highest BCUT2D eigenvalue weighted by molar-refractivity contribution is 5.68. The number of rotatable bonds is 4. The number of nitrogens with one attached hydrogen (secondary N) is 2. The second-order valence-electron chi connectivity index (χ2n) is 6.34. The van der Waals surface area contributed by atoms with E-state index in [0.29, 0.717) is 23.2 Å². The van der Waals surface area contributed by atoms with E-state index in [2.05, 4.69) is 25.7 Å². The average molecular weight is 343 g/mol. The number of aromatic nitrogens is 4. The van der Waals surface area contributed by atoms with Crippen molar-refractivity contribution in [2.75, 3.05) is 12.4 Å². The van der Waals surface area contributed by atoms with E-state index in [0.717, 1.165) is 0 Å². The fourth-order valence-electron chi connectivity index (χ4n) is 2.01. The summed E-state index contributed by atoms with van der Waals surface area (Å²) in [6.07, 6.45) is 0.902. The Morgan fingerprint density at radius 2 is 2.12 bits per heavy atom. The molecule has 0 aliphatic heterocycles. The van der Waals surface area contributed by atoms with Crippen molar-refractivity contribution >= 4 is 12.0 Å². The summed E-state index contributed by atoms with van der Waals surface area (Å²) in [5, 5.41) is 18.8. The third-order valence-electron chi connectivity index (χ3n) is 3.07. The topological polar surface area (TPSA) is 118 Å². The molecule has 25 heavy (non-hydrogen) atoms. The highest BCUT2D eigenvalue weighted by Crippen LogP contribution is 2.18. The van der Waals surface area contributed by atoms with E-state index in [9.17, 15) is 4.79 Å². The summed E-state index contributed by atoms with van der Waals surface area (Å²) < 4.78 is 6.77. The zero-order valence-electron chi connectivity index (χ0n) is 14.9. The Bertz CT molecular complexity index is 784. The molecule has 0 unspecified atom stereocenters. The summed E-state index contributed by atoms with van der Waals surface area (Å²) in [6, 6.07) is 4.84.